The van der Waals surface area contributed by atoms with Crippen LogP contribution in [0.2, 0.25) is 0 Å². The van der Waals surface area contributed by atoms with Gasteiger partial charge < -0.3 is 19.5 Å². The van der Waals surface area contributed by atoms with Crippen LogP contribution < -0.4 is 10.2 Å². The molecular weight excluding hydrogens is 268 g/mol. The second kappa shape index (κ2) is 7.72. The summed E-state index contributed by atoms with van der Waals surface area (Å²) in [6, 6.07) is 0.764. The van der Waals surface area contributed by atoms with Crippen molar-refractivity contribution in [3.63, 3.8) is 0 Å². The number of nitrogens with one attached hydrogen (secondary N) is 1. The predicted octanol–water partition coefficient (Wildman–Crippen LogP) is 0.424. The van der Waals surface area contributed by atoms with Crippen molar-refractivity contribution in [3.8, 4) is 0 Å². The molecule has 1 unspecified atom stereocenters. The van der Waals surface area contributed by atoms with E-state index in [2.05, 4.69) is 51.2 Å². The van der Waals surface area contributed by atoms with Crippen molar-refractivity contribution in [1.82, 2.24) is 25.3 Å². The molecule has 0 aliphatic carbocycles. The van der Waals surface area contributed by atoms with Gasteiger partial charge >= 0.3 is 6.01 Å². The van der Waals surface area contributed by atoms with E-state index in [4.69, 9.17) is 4.42 Å². The Bertz CT molecular complexity index is 413. The number of piperazine rings is 1. The average molecular weight is 296 g/mol. The zero-order valence-corrected chi connectivity index (χ0v) is 13.7. The molecule has 0 spiro atoms. The van der Waals surface area contributed by atoms with Gasteiger partial charge in [-0.3, -0.25) is 4.90 Å². The van der Waals surface area contributed by atoms with Crippen molar-refractivity contribution >= 4 is 6.01 Å². The first-order chi connectivity index (χ1) is 10.1. The number of rotatable bonds is 7. The Labute approximate surface area is 127 Å². The van der Waals surface area contributed by atoms with Crippen molar-refractivity contribution in [2.24, 2.45) is 0 Å². The van der Waals surface area contributed by atoms with E-state index in [-0.39, 0.29) is 6.04 Å². The number of hydrogen-bond donors (Lipinski definition) is 1. The Morgan fingerprint density at radius 3 is 2.57 bits per heavy atom. The molecule has 1 atom stereocenters. The number of aromatic nitrogens is 2. The SMILES string of the molecule is CCNC(C)c1nnc(N2CCN(CCN(C)C)CC2)o1. The summed E-state index contributed by atoms with van der Waals surface area (Å²) in [7, 11) is 4.23. The summed E-state index contributed by atoms with van der Waals surface area (Å²) in [5, 5.41) is 11.6. The Morgan fingerprint density at radius 1 is 1.24 bits per heavy atom. The van der Waals surface area contributed by atoms with Gasteiger partial charge in [-0.05, 0) is 27.6 Å². The molecule has 1 aromatic rings. The molecule has 120 valence electrons. The van der Waals surface area contributed by atoms with Gasteiger partial charge in [-0.25, -0.2) is 0 Å². The minimum absolute atomic E-state index is 0.109. The van der Waals surface area contributed by atoms with E-state index in [9.17, 15) is 0 Å². The van der Waals surface area contributed by atoms with E-state index >= 15 is 0 Å². The number of nitrogens with zero attached hydrogens (tertiary/aromatic N) is 5. The van der Waals surface area contributed by atoms with Crippen LogP contribution in [0, 0.1) is 0 Å². The monoisotopic (exact) mass is 296 g/mol. The zero-order chi connectivity index (χ0) is 15.2. The highest BCUT2D eigenvalue weighted by Crippen LogP contribution is 2.18. The van der Waals surface area contributed by atoms with E-state index in [0.29, 0.717) is 11.9 Å². The molecule has 2 rings (SSSR count). The normalized spacial score (nSPS) is 18.4. The van der Waals surface area contributed by atoms with Crippen LogP contribution in [0.5, 0.6) is 0 Å². The lowest BCUT2D eigenvalue weighted by molar-refractivity contribution is 0.226. The van der Waals surface area contributed by atoms with E-state index in [0.717, 1.165) is 45.8 Å². The van der Waals surface area contributed by atoms with Gasteiger partial charge in [-0.1, -0.05) is 12.0 Å². The molecule has 2 heterocycles. The molecule has 1 saturated heterocycles. The van der Waals surface area contributed by atoms with Gasteiger partial charge in [0.25, 0.3) is 0 Å². The van der Waals surface area contributed by atoms with Crippen LogP contribution in [0.15, 0.2) is 4.42 Å². The fourth-order valence-electron chi connectivity index (χ4n) is 2.43. The van der Waals surface area contributed by atoms with Crippen molar-refractivity contribution < 1.29 is 4.42 Å². The summed E-state index contributed by atoms with van der Waals surface area (Å²) in [5.41, 5.74) is 0. The molecular formula is C14H28N6O. The van der Waals surface area contributed by atoms with Crippen LogP contribution in [-0.2, 0) is 0 Å². The summed E-state index contributed by atoms with van der Waals surface area (Å²) in [5.74, 6) is 0.668. The minimum Gasteiger partial charge on any atom is -0.406 e. The maximum Gasteiger partial charge on any atom is 0.318 e. The van der Waals surface area contributed by atoms with Crippen LogP contribution in [0.1, 0.15) is 25.8 Å². The second-order valence-corrected chi connectivity index (χ2v) is 5.83. The van der Waals surface area contributed by atoms with Gasteiger partial charge in [-0.15, -0.1) is 5.10 Å². The Balaban J connectivity index is 1.82. The predicted molar refractivity (Wildman–Crippen MR) is 83.6 cm³/mol. The maximum absolute atomic E-state index is 5.79. The molecule has 21 heavy (non-hydrogen) atoms. The lowest BCUT2D eigenvalue weighted by atomic mass is 10.3. The standard InChI is InChI=1S/C14H28N6O/c1-5-15-12(2)13-16-17-14(21-13)20-10-8-19(9-11-20)7-6-18(3)4/h12,15H,5-11H2,1-4H3. The lowest BCUT2D eigenvalue weighted by Gasteiger charge is -2.34. The fourth-order valence-corrected chi connectivity index (χ4v) is 2.43. The van der Waals surface area contributed by atoms with Crippen molar-refractivity contribution in [2.45, 2.75) is 19.9 Å². The van der Waals surface area contributed by atoms with Crippen LogP contribution in [-0.4, -0.2) is 79.9 Å². The van der Waals surface area contributed by atoms with Gasteiger partial charge in [-0.2, -0.15) is 0 Å². The summed E-state index contributed by atoms with van der Waals surface area (Å²) >= 11 is 0. The maximum atomic E-state index is 5.79. The van der Waals surface area contributed by atoms with Crippen LogP contribution in [0.4, 0.5) is 6.01 Å². The van der Waals surface area contributed by atoms with Crippen molar-refractivity contribution in [1.29, 1.82) is 0 Å². The molecule has 0 aromatic carbocycles. The van der Waals surface area contributed by atoms with Gasteiger partial charge in [0.15, 0.2) is 0 Å². The molecule has 1 fully saturated rings. The summed E-state index contributed by atoms with van der Waals surface area (Å²) in [4.78, 5) is 6.88. The Hall–Kier alpha value is -1.18. The third kappa shape index (κ3) is 4.66. The van der Waals surface area contributed by atoms with Gasteiger partial charge in [0, 0.05) is 39.3 Å². The van der Waals surface area contributed by atoms with E-state index < -0.39 is 0 Å². The quantitative estimate of drug-likeness (QED) is 0.782. The first-order valence-electron chi connectivity index (χ1n) is 7.79. The highest BCUT2D eigenvalue weighted by molar-refractivity contribution is 5.25. The molecule has 1 N–H and O–H groups in total. The zero-order valence-electron chi connectivity index (χ0n) is 13.7. The Morgan fingerprint density at radius 2 is 1.95 bits per heavy atom. The largest absolute Gasteiger partial charge is 0.406 e. The summed E-state index contributed by atoms with van der Waals surface area (Å²) in [6.45, 7) is 11.2. The van der Waals surface area contributed by atoms with E-state index in [1.165, 1.54) is 0 Å². The van der Waals surface area contributed by atoms with Crippen LogP contribution in [0.3, 0.4) is 0 Å². The average Bonchev–Trinajstić information content (AvgIpc) is 2.96. The van der Waals surface area contributed by atoms with Crippen molar-refractivity contribution in [2.75, 3.05) is 64.8 Å². The molecule has 1 aliphatic heterocycles. The van der Waals surface area contributed by atoms with E-state index in [1.54, 1.807) is 0 Å². The number of likely N-dealkylation sites (N-methyl/N-ethyl adjacent to an activating group) is 1. The highest BCUT2D eigenvalue weighted by Gasteiger charge is 2.22. The molecule has 0 amide bonds. The summed E-state index contributed by atoms with van der Waals surface area (Å²) in [6.07, 6.45) is 0. The van der Waals surface area contributed by atoms with Crippen molar-refractivity contribution in [3.05, 3.63) is 5.89 Å². The van der Waals surface area contributed by atoms with Gasteiger partial charge in [0.1, 0.15) is 0 Å². The fraction of sp³-hybridized carbons (Fsp3) is 0.857. The van der Waals surface area contributed by atoms with Gasteiger partial charge in [0.05, 0.1) is 6.04 Å². The lowest BCUT2D eigenvalue weighted by Crippen LogP contribution is -2.48. The third-order valence-corrected chi connectivity index (χ3v) is 3.82. The number of hydrogen-bond acceptors (Lipinski definition) is 7. The number of anilines is 1. The molecule has 0 radical (unpaired) electrons. The van der Waals surface area contributed by atoms with Gasteiger partial charge in [0.2, 0.25) is 5.89 Å². The minimum atomic E-state index is 0.109. The third-order valence-electron chi connectivity index (χ3n) is 3.82. The molecule has 1 aromatic heterocycles. The first kappa shape index (κ1) is 16.2. The highest BCUT2D eigenvalue weighted by atomic mass is 16.4. The summed E-state index contributed by atoms with van der Waals surface area (Å²) < 4.78 is 5.79. The first-order valence-corrected chi connectivity index (χ1v) is 7.79. The molecule has 7 heteroatoms. The molecule has 0 bridgehead atoms. The molecule has 0 saturated carbocycles. The molecule has 1 aliphatic rings. The second-order valence-electron chi connectivity index (χ2n) is 5.83. The molecule has 7 nitrogen and oxygen atoms in total. The smallest absolute Gasteiger partial charge is 0.318 e. The van der Waals surface area contributed by atoms with E-state index in [1.807, 2.05) is 6.92 Å². The topological polar surface area (TPSA) is 60.7 Å². The Kier molecular flexibility index (Phi) is 5.96. The van der Waals surface area contributed by atoms with Crippen LogP contribution >= 0.6 is 0 Å². The van der Waals surface area contributed by atoms with Crippen LogP contribution in [0.25, 0.3) is 0 Å².